The van der Waals surface area contributed by atoms with Gasteiger partial charge in [-0.15, -0.1) is 16.7 Å². The average Bonchev–Trinajstić information content (AvgIpc) is 2.66. The summed E-state index contributed by atoms with van der Waals surface area (Å²) < 4.78 is 2.89. The molecule has 14 heavy (non-hydrogen) atoms. The van der Waals surface area contributed by atoms with Crippen LogP contribution in [0.5, 0.6) is 0 Å². The first-order valence-corrected chi connectivity index (χ1v) is 5.64. The molecule has 1 aromatic carbocycles. The van der Waals surface area contributed by atoms with Crippen LogP contribution in [0, 0.1) is 3.57 Å². The van der Waals surface area contributed by atoms with Crippen LogP contribution in [0.2, 0.25) is 0 Å². The van der Waals surface area contributed by atoms with Gasteiger partial charge in [0.1, 0.15) is 0 Å². The zero-order valence-electron chi connectivity index (χ0n) is 7.19. The van der Waals surface area contributed by atoms with Gasteiger partial charge in [-0.2, -0.15) is 0 Å². The summed E-state index contributed by atoms with van der Waals surface area (Å²) in [7, 11) is 0. The van der Waals surface area contributed by atoms with Gasteiger partial charge in [0.05, 0.1) is 23.5 Å². The highest BCUT2D eigenvalue weighted by Gasteiger charge is 2.01. The van der Waals surface area contributed by atoms with E-state index in [0.717, 1.165) is 11.4 Å². The number of benzene rings is 1. The molecule has 0 aliphatic rings. The fourth-order valence-corrected chi connectivity index (χ4v) is 1.75. The van der Waals surface area contributed by atoms with E-state index in [2.05, 4.69) is 32.9 Å². The maximum atomic E-state index is 5.64. The largest absolute Gasteiger partial charge is 0.220 e. The van der Waals surface area contributed by atoms with E-state index in [0.29, 0.717) is 5.88 Å². The molecule has 0 unspecified atom stereocenters. The summed E-state index contributed by atoms with van der Waals surface area (Å²) in [4.78, 5) is 0. The molecule has 0 spiro atoms. The lowest BCUT2D eigenvalue weighted by molar-refractivity contribution is 0.800. The van der Waals surface area contributed by atoms with Gasteiger partial charge in [0.15, 0.2) is 0 Å². The zero-order valence-corrected chi connectivity index (χ0v) is 10.1. The molecule has 2 aromatic rings. The quantitative estimate of drug-likeness (QED) is 0.629. The van der Waals surface area contributed by atoms with Crippen LogP contribution in [-0.2, 0) is 5.88 Å². The van der Waals surface area contributed by atoms with Gasteiger partial charge in [-0.25, -0.2) is 4.68 Å². The van der Waals surface area contributed by atoms with Crippen molar-refractivity contribution in [3.63, 3.8) is 0 Å². The van der Waals surface area contributed by atoms with Gasteiger partial charge in [0, 0.05) is 3.57 Å². The van der Waals surface area contributed by atoms with Crippen molar-refractivity contribution in [1.82, 2.24) is 15.0 Å². The Hall–Kier alpha value is -0.620. The maximum Gasteiger partial charge on any atom is 0.0979 e. The van der Waals surface area contributed by atoms with Crippen molar-refractivity contribution in [3.8, 4) is 5.69 Å². The predicted molar refractivity (Wildman–Crippen MR) is 63.6 cm³/mol. The lowest BCUT2D eigenvalue weighted by Crippen LogP contribution is -1.94. The Morgan fingerprint density at radius 1 is 1.43 bits per heavy atom. The van der Waals surface area contributed by atoms with E-state index in [9.17, 15) is 0 Å². The van der Waals surface area contributed by atoms with Crippen molar-refractivity contribution < 1.29 is 0 Å². The van der Waals surface area contributed by atoms with Crippen molar-refractivity contribution in [2.45, 2.75) is 5.88 Å². The molecule has 0 bridgehead atoms. The monoisotopic (exact) mass is 319 g/mol. The van der Waals surface area contributed by atoms with Gasteiger partial charge < -0.3 is 0 Å². The molecular weight excluding hydrogens is 312 g/mol. The molecule has 0 saturated carbocycles. The van der Waals surface area contributed by atoms with Gasteiger partial charge in [-0.1, -0.05) is 11.3 Å². The minimum absolute atomic E-state index is 0.393. The van der Waals surface area contributed by atoms with E-state index < -0.39 is 0 Å². The molecule has 1 heterocycles. The first-order valence-electron chi connectivity index (χ1n) is 4.03. The lowest BCUT2D eigenvalue weighted by atomic mass is 10.3. The van der Waals surface area contributed by atoms with Crippen molar-refractivity contribution in [3.05, 3.63) is 39.7 Å². The van der Waals surface area contributed by atoms with Crippen molar-refractivity contribution >= 4 is 34.2 Å². The van der Waals surface area contributed by atoms with Gasteiger partial charge in [0.25, 0.3) is 0 Å². The van der Waals surface area contributed by atoms with E-state index in [1.54, 1.807) is 4.68 Å². The summed E-state index contributed by atoms with van der Waals surface area (Å²) in [6, 6.07) is 8.03. The van der Waals surface area contributed by atoms with Crippen LogP contribution in [0.1, 0.15) is 5.69 Å². The fourth-order valence-electron chi connectivity index (χ4n) is 1.10. The number of alkyl halides is 1. The average molecular weight is 320 g/mol. The van der Waals surface area contributed by atoms with Gasteiger partial charge >= 0.3 is 0 Å². The Morgan fingerprint density at radius 3 is 2.93 bits per heavy atom. The van der Waals surface area contributed by atoms with E-state index in [1.807, 2.05) is 30.5 Å². The molecule has 3 nitrogen and oxygen atoms in total. The third-order valence-corrected chi connectivity index (χ3v) is 2.70. The summed E-state index contributed by atoms with van der Waals surface area (Å²) in [5.41, 5.74) is 1.78. The molecule has 5 heteroatoms. The minimum Gasteiger partial charge on any atom is -0.220 e. The van der Waals surface area contributed by atoms with Crippen molar-refractivity contribution in [1.29, 1.82) is 0 Å². The van der Waals surface area contributed by atoms with E-state index in [4.69, 9.17) is 11.6 Å². The van der Waals surface area contributed by atoms with Crippen LogP contribution in [-0.4, -0.2) is 15.0 Å². The van der Waals surface area contributed by atoms with Crippen LogP contribution in [0.15, 0.2) is 30.5 Å². The van der Waals surface area contributed by atoms with E-state index in [-0.39, 0.29) is 0 Å². The first kappa shape index (κ1) is 9.92. The van der Waals surface area contributed by atoms with Crippen molar-refractivity contribution in [2.24, 2.45) is 0 Å². The van der Waals surface area contributed by atoms with Crippen molar-refractivity contribution in [2.75, 3.05) is 0 Å². The molecule has 0 amide bonds. The molecule has 1 aromatic heterocycles. The highest BCUT2D eigenvalue weighted by atomic mass is 127. The van der Waals surface area contributed by atoms with E-state index in [1.165, 1.54) is 3.57 Å². The molecular formula is C9H7ClIN3. The second-order valence-electron chi connectivity index (χ2n) is 2.77. The second-order valence-corrected chi connectivity index (χ2v) is 4.28. The molecule has 0 aliphatic heterocycles. The highest BCUT2D eigenvalue weighted by molar-refractivity contribution is 14.1. The summed E-state index contributed by atoms with van der Waals surface area (Å²) in [5, 5.41) is 7.90. The summed E-state index contributed by atoms with van der Waals surface area (Å²) in [5.74, 6) is 0.393. The SMILES string of the molecule is ClCc1cn(-c2cccc(I)c2)nn1. The molecule has 0 N–H and O–H groups in total. The molecule has 72 valence electrons. The van der Waals surface area contributed by atoms with Crippen LogP contribution >= 0.6 is 34.2 Å². The van der Waals surface area contributed by atoms with Gasteiger partial charge in [0.2, 0.25) is 0 Å². The number of aromatic nitrogens is 3. The van der Waals surface area contributed by atoms with Gasteiger partial charge in [-0.05, 0) is 40.8 Å². The molecule has 0 radical (unpaired) electrons. The maximum absolute atomic E-state index is 5.64. The molecule has 0 atom stereocenters. The molecule has 0 fully saturated rings. The Balaban J connectivity index is 2.39. The predicted octanol–water partition coefficient (Wildman–Crippen LogP) is 2.61. The zero-order chi connectivity index (χ0) is 9.97. The topological polar surface area (TPSA) is 30.7 Å². The standard InChI is InChI=1S/C9H7ClIN3/c10-5-8-6-14(13-12-8)9-3-1-2-7(11)4-9/h1-4,6H,5H2. The lowest BCUT2D eigenvalue weighted by Gasteiger charge is -1.99. The molecule has 0 saturated heterocycles. The third kappa shape index (κ3) is 2.06. The molecule has 0 aliphatic carbocycles. The number of nitrogens with zero attached hydrogens (tertiary/aromatic N) is 3. The Labute approximate surface area is 100 Å². The summed E-state index contributed by atoms with van der Waals surface area (Å²) in [6.45, 7) is 0. The number of halogens is 2. The minimum atomic E-state index is 0.393. The van der Waals surface area contributed by atoms with Gasteiger partial charge in [-0.3, -0.25) is 0 Å². The third-order valence-electron chi connectivity index (χ3n) is 1.75. The Morgan fingerprint density at radius 2 is 2.29 bits per heavy atom. The first-order chi connectivity index (χ1) is 6.79. The van der Waals surface area contributed by atoms with Crippen LogP contribution in [0.4, 0.5) is 0 Å². The normalized spacial score (nSPS) is 10.4. The Bertz CT molecular complexity index is 441. The van der Waals surface area contributed by atoms with Crippen LogP contribution in [0.3, 0.4) is 0 Å². The summed E-state index contributed by atoms with van der Waals surface area (Å²) in [6.07, 6.45) is 1.83. The number of hydrogen-bond acceptors (Lipinski definition) is 2. The number of hydrogen-bond donors (Lipinski definition) is 0. The van der Waals surface area contributed by atoms with E-state index >= 15 is 0 Å². The van der Waals surface area contributed by atoms with Crippen LogP contribution in [0.25, 0.3) is 5.69 Å². The Kier molecular flexibility index (Phi) is 3.02. The fraction of sp³-hybridized carbons (Fsp3) is 0.111. The summed E-state index contributed by atoms with van der Waals surface area (Å²) >= 11 is 7.90. The highest BCUT2D eigenvalue weighted by Crippen LogP contribution is 2.11. The second kappa shape index (κ2) is 4.27. The smallest absolute Gasteiger partial charge is 0.0979 e. The number of rotatable bonds is 2. The molecule has 2 rings (SSSR count). The van der Waals surface area contributed by atoms with Crippen LogP contribution < -0.4 is 0 Å².